The van der Waals surface area contributed by atoms with Crippen LogP contribution in [0.5, 0.6) is 0 Å². The van der Waals surface area contributed by atoms with Crippen LogP contribution in [-0.2, 0) is 5.41 Å². The van der Waals surface area contributed by atoms with Crippen LogP contribution in [0.3, 0.4) is 0 Å². The van der Waals surface area contributed by atoms with Crippen molar-refractivity contribution in [2.24, 2.45) is 0 Å². The molecule has 0 unspecified atom stereocenters. The Morgan fingerprint density at radius 1 is 1.15 bits per heavy atom. The summed E-state index contributed by atoms with van der Waals surface area (Å²) in [6.45, 7) is 13.5. The van der Waals surface area contributed by atoms with E-state index in [1.165, 1.54) is 0 Å². The average molecular weight is 279 g/mol. The summed E-state index contributed by atoms with van der Waals surface area (Å²) in [6.07, 6.45) is 0. The lowest BCUT2D eigenvalue weighted by atomic mass is 9.95. The highest BCUT2D eigenvalue weighted by molar-refractivity contribution is 5.57. The van der Waals surface area contributed by atoms with E-state index in [0.29, 0.717) is 0 Å². The molecule has 0 aliphatic heterocycles. The third-order valence-electron chi connectivity index (χ3n) is 3.38. The van der Waals surface area contributed by atoms with E-state index in [1.807, 2.05) is 14.0 Å². The van der Waals surface area contributed by atoms with Gasteiger partial charge in [-0.25, -0.2) is 9.97 Å². The minimum absolute atomic E-state index is 0.0596. The predicted molar refractivity (Wildman–Crippen MR) is 86.7 cm³/mol. The van der Waals surface area contributed by atoms with Crippen LogP contribution in [0.1, 0.15) is 39.1 Å². The fourth-order valence-corrected chi connectivity index (χ4v) is 1.79. The van der Waals surface area contributed by atoms with E-state index in [2.05, 4.69) is 55.3 Å². The highest BCUT2D eigenvalue weighted by Gasteiger charge is 2.20. The first-order chi connectivity index (χ1) is 9.29. The predicted octanol–water partition coefficient (Wildman–Crippen LogP) is 2.49. The summed E-state index contributed by atoms with van der Waals surface area (Å²) in [5.41, 5.74) is 1.01. The van der Waals surface area contributed by atoms with Crippen LogP contribution in [0, 0.1) is 6.92 Å². The molecule has 0 atom stereocenters. The second-order valence-electron chi connectivity index (χ2n) is 6.19. The molecule has 1 heterocycles. The largest absolute Gasteiger partial charge is 0.373 e. The molecule has 0 aliphatic rings. The van der Waals surface area contributed by atoms with Gasteiger partial charge in [0.15, 0.2) is 0 Å². The SMILES string of the molecule is CCN(C)CCNc1nc(C(C)(C)C)nc(NC)c1C. The molecule has 0 aliphatic carbocycles. The minimum atomic E-state index is -0.0596. The Morgan fingerprint density at radius 2 is 1.75 bits per heavy atom. The van der Waals surface area contributed by atoms with Gasteiger partial charge in [0, 0.05) is 31.1 Å². The smallest absolute Gasteiger partial charge is 0.138 e. The number of likely N-dealkylation sites (N-methyl/N-ethyl adjacent to an activating group) is 1. The molecule has 0 bridgehead atoms. The van der Waals surface area contributed by atoms with Gasteiger partial charge in [-0.05, 0) is 20.5 Å². The van der Waals surface area contributed by atoms with Gasteiger partial charge in [0.1, 0.15) is 17.5 Å². The van der Waals surface area contributed by atoms with Crippen molar-refractivity contribution in [2.75, 3.05) is 44.4 Å². The fourth-order valence-electron chi connectivity index (χ4n) is 1.79. The van der Waals surface area contributed by atoms with Gasteiger partial charge in [0.2, 0.25) is 0 Å². The van der Waals surface area contributed by atoms with Crippen molar-refractivity contribution >= 4 is 11.6 Å². The monoisotopic (exact) mass is 279 g/mol. The Kier molecular flexibility index (Phi) is 5.74. The molecule has 1 aromatic heterocycles. The Labute approximate surface area is 123 Å². The van der Waals surface area contributed by atoms with Crippen molar-refractivity contribution in [2.45, 2.75) is 40.0 Å². The molecule has 0 aromatic carbocycles. The van der Waals surface area contributed by atoms with Crippen LogP contribution in [0.4, 0.5) is 11.6 Å². The topological polar surface area (TPSA) is 53.1 Å². The maximum absolute atomic E-state index is 4.69. The van der Waals surface area contributed by atoms with Gasteiger partial charge >= 0.3 is 0 Å². The van der Waals surface area contributed by atoms with Gasteiger partial charge < -0.3 is 15.5 Å². The molecule has 2 N–H and O–H groups in total. The summed E-state index contributed by atoms with van der Waals surface area (Å²) in [7, 11) is 4.02. The molecule has 0 amide bonds. The van der Waals surface area contributed by atoms with E-state index in [4.69, 9.17) is 4.98 Å². The van der Waals surface area contributed by atoms with Gasteiger partial charge in [0.25, 0.3) is 0 Å². The summed E-state index contributed by atoms with van der Waals surface area (Å²) in [5, 5.41) is 6.59. The molecule has 5 heteroatoms. The quantitative estimate of drug-likeness (QED) is 0.838. The van der Waals surface area contributed by atoms with E-state index in [9.17, 15) is 0 Å². The van der Waals surface area contributed by atoms with Gasteiger partial charge in [0.05, 0.1) is 0 Å². The van der Waals surface area contributed by atoms with Crippen molar-refractivity contribution in [3.63, 3.8) is 0 Å². The van der Waals surface area contributed by atoms with Crippen LogP contribution in [0.25, 0.3) is 0 Å². The van der Waals surface area contributed by atoms with Crippen LogP contribution >= 0.6 is 0 Å². The Morgan fingerprint density at radius 3 is 2.25 bits per heavy atom. The van der Waals surface area contributed by atoms with Gasteiger partial charge in [-0.1, -0.05) is 27.7 Å². The second kappa shape index (κ2) is 6.88. The summed E-state index contributed by atoms with van der Waals surface area (Å²) >= 11 is 0. The number of nitrogens with zero attached hydrogens (tertiary/aromatic N) is 3. The van der Waals surface area contributed by atoms with E-state index in [0.717, 1.165) is 42.7 Å². The maximum atomic E-state index is 4.69. The molecule has 5 nitrogen and oxygen atoms in total. The average Bonchev–Trinajstić information content (AvgIpc) is 2.39. The van der Waals surface area contributed by atoms with Crippen LogP contribution in [-0.4, -0.2) is 48.6 Å². The minimum Gasteiger partial charge on any atom is -0.373 e. The lowest BCUT2D eigenvalue weighted by Gasteiger charge is -2.21. The molecule has 0 radical (unpaired) electrons. The van der Waals surface area contributed by atoms with Crippen LogP contribution < -0.4 is 10.6 Å². The summed E-state index contributed by atoms with van der Waals surface area (Å²) in [6, 6.07) is 0. The first-order valence-electron chi connectivity index (χ1n) is 7.28. The fraction of sp³-hybridized carbons (Fsp3) is 0.733. The number of hydrogen-bond donors (Lipinski definition) is 2. The first kappa shape index (κ1) is 16.7. The van der Waals surface area contributed by atoms with E-state index in [-0.39, 0.29) is 5.41 Å². The Hall–Kier alpha value is -1.36. The number of aromatic nitrogens is 2. The second-order valence-corrected chi connectivity index (χ2v) is 6.19. The van der Waals surface area contributed by atoms with Crippen molar-refractivity contribution in [1.29, 1.82) is 0 Å². The van der Waals surface area contributed by atoms with Crippen molar-refractivity contribution in [3.8, 4) is 0 Å². The Balaban J connectivity index is 2.94. The number of nitrogens with one attached hydrogen (secondary N) is 2. The number of rotatable bonds is 6. The van der Waals surface area contributed by atoms with E-state index >= 15 is 0 Å². The molecule has 1 aromatic rings. The molecule has 0 saturated heterocycles. The molecule has 20 heavy (non-hydrogen) atoms. The van der Waals surface area contributed by atoms with Crippen LogP contribution in [0.2, 0.25) is 0 Å². The van der Waals surface area contributed by atoms with Gasteiger partial charge in [-0.15, -0.1) is 0 Å². The van der Waals surface area contributed by atoms with E-state index in [1.54, 1.807) is 0 Å². The molecular weight excluding hydrogens is 250 g/mol. The number of hydrogen-bond acceptors (Lipinski definition) is 5. The zero-order chi connectivity index (χ0) is 15.3. The van der Waals surface area contributed by atoms with Crippen molar-refractivity contribution < 1.29 is 0 Å². The molecular formula is C15H29N5. The van der Waals surface area contributed by atoms with Crippen LogP contribution in [0.15, 0.2) is 0 Å². The van der Waals surface area contributed by atoms with E-state index < -0.39 is 0 Å². The first-order valence-corrected chi connectivity index (χ1v) is 7.28. The third kappa shape index (κ3) is 4.34. The lowest BCUT2D eigenvalue weighted by Crippen LogP contribution is -2.26. The summed E-state index contributed by atoms with van der Waals surface area (Å²) in [4.78, 5) is 11.6. The van der Waals surface area contributed by atoms with Gasteiger partial charge in [-0.2, -0.15) is 0 Å². The highest BCUT2D eigenvalue weighted by Crippen LogP contribution is 2.25. The maximum Gasteiger partial charge on any atom is 0.138 e. The Bertz CT molecular complexity index is 437. The normalized spacial score (nSPS) is 11.8. The lowest BCUT2D eigenvalue weighted by molar-refractivity contribution is 0.367. The standard InChI is InChI=1S/C15H29N5/c1-8-20(7)10-9-17-13-11(2)12(16-6)18-14(19-13)15(3,4)5/h8-10H2,1-7H3,(H2,16,17,18,19). The van der Waals surface area contributed by atoms with Crippen molar-refractivity contribution in [3.05, 3.63) is 11.4 Å². The summed E-state index contributed by atoms with van der Waals surface area (Å²) < 4.78 is 0. The van der Waals surface area contributed by atoms with Gasteiger partial charge in [-0.3, -0.25) is 0 Å². The molecule has 0 saturated carbocycles. The summed E-state index contributed by atoms with van der Waals surface area (Å²) in [5.74, 6) is 2.69. The third-order valence-corrected chi connectivity index (χ3v) is 3.38. The zero-order valence-corrected chi connectivity index (χ0v) is 14.0. The molecule has 114 valence electrons. The number of anilines is 2. The molecule has 0 spiro atoms. The molecule has 0 fully saturated rings. The van der Waals surface area contributed by atoms with Crippen molar-refractivity contribution in [1.82, 2.24) is 14.9 Å². The highest BCUT2D eigenvalue weighted by atomic mass is 15.1. The zero-order valence-electron chi connectivity index (χ0n) is 14.0. The molecule has 1 rings (SSSR count).